The quantitative estimate of drug-likeness (QED) is 0.610. The zero-order valence-corrected chi connectivity index (χ0v) is 16.8. The number of carbonyl (C=O) groups is 1. The Morgan fingerprint density at radius 3 is 2.93 bits per heavy atom. The molecular formula is C23H21N3O4. The second kappa shape index (κ2) is 8.29. The van der Waals surface area contributed by atoms with Crippen LogP contribution in [-0.4, -0.2) is 43.0 Å². The number of nitrogens with zero attached hydrogens (tertiary/aromatic N) is 3. The third kappa shape index (κ3) is 3.72. The third-order valence-electron chi connectivity index (χ3n) is 5.12. The van der Waals surface area contributed by atoms with Gasteiger partial charge >= 0.3 is 6.09 Å². The molecule has 30 heavy (non-hydrogen) atoms. The molecule has 1 aliphatic rings. The van der Waals surface area contributed by atoms with Crippen LogP contribution in [0.1, 0.15) is 28.7 Å². The van der Waals surface area contributed by atoms with Crippen LogP contribution < -0.4 is 4.74 Å². The van der Waals surface area contributed by atoms with Gasteiger partial charge in [-0.2, -0.15) is 5.26 Å². The van der Waals surface area contributed by atoms with Crippen LogP contribution >= 0.6 is 0 Å². The van der Waals surface area contributed by atoms with E-state index >= 15 is 0 Å². The van der Waals surface area contributed by atoms with E-state index in [0.717, 1.165) is 27.6 Å². The predicted molar refractivity (Wildman–Crippen MR) is 111 cm³/mol. The number of carbonyl (C=O) groups excluding carboxylic acids is 1. The fraction of sp³-hybridized carbons (Fsp3) is 0.261. The summed E-state index contributed by atoms with van der Waals surface area (Å²) in [5.74, 6) is 0.430. The zero-order chi connectivity index (χ0) is 21.1. The van der Waals surface area contributed by atoms with Crippen LogP contribution in [0, 0.1) is 18.3 Å². The monoisotopic (exact) mass is 403 g/mol. The Labute approximate surface area is 174 Å². The lowest BCUT2D eigenvalue weighted by Crippen LogP contribution is -2.24. The first-order chi connectivity index (χ1) is 14.6. The first-order valence-corrected chi connectivity index (χ1v) is 9.67. The number of cyclic esters (lactones) is 1. The van der Waals surface area contributed by atoms with E-state index in [9.17, 15) is 10.1 Å². The second-order valence-electron chi connectivity index (χ2n) is 7.06. The number of hydrogen-bond acceptors (Lipinski definition) is 6. The van der Waals surface area contributed by atoms with Gasteiger partial charge in [-0.1, -0.05) is 18.2 Å². The summed E-state index contributed by atoms with van der Waals surface area (Å²) < 4.78 is 15.7. The van der Waals surface area contributed by atoms with Crippen LogP contribution in [0.15, 0.2) is 47.0 Å². The van der Waals surface area contributed by atoms with Gasteiger partial charge in [0.2, 0.25) is 0 Å². The topological polar surface area (TPSA) is 88.6 Å². The molecule has 7 heteroatoms. The molecule has 0 spiro atoms. The van der Waals surface area contributed by atoms with E-state index in [1.807, 2.05) is 37.3 Å². The normalized spacial score (nSPS) is 14.1. The molecular weight excluding hydrogens is 382 g/mol. The van der Waals surface area contributed by atoms with Crippen molar-refractivity contribution in [3.05, 3.63) is 64.7 Å². The molecule has 4 rings (SSSR count). The number of fused-ring (bicyclic) bond motifs is 1. The highest BCUT2D eigenvalue weighted by Gasteiger charge is 2.21. The van der Waals surface area contributed by atoms with Crippen LogP contribution in [-0.2, 0) is 4.74 Å². The van der Waals surface area contributed by atoms with Gasteiger partial charge in [-0.05, 0) is 65.0 Å². The number of aryl methyl sites for hydroxylation is 1. The minimum atomic E-state index is -0.275. The van der Waals surface area contributed by atoms with Crippen LogP contribution in [0.3, 0.4) is 0 Å². The van der Waals surface area contributed by atoms with Gasteiger partial charge in [0.05, 0.1) is 30.7 Å². The number of aromatic nitrogens is 1. The summed E-state index contributed by atoms with van der Waals surface area (Å²) in [6.07, 6.45) is 2.46. The van der Waals surface area contributed by atoms with Crippen molar-refractivity contribution in [1.82, 2.24) is 10.1 Å². The zero-order valence-electron chi connectivity index (χ0n) is 16.8. The highest BCUT2D eigenvalue weighted by molar-refractivity contribution is 5.91. The Hall–Kier alpha value is -3.79. The van der Waals surface area contributed by atoms with Crippen LogP contribution in [0.2, 0.25) is 0 Å². The Morgan fingerprint density at radius 1 is 1.33 bits per heavy atom. The minimum absolute atomic E-state index is 0.275. The average molecular weight is 403 g/mol. The molecule has 0 aliphatic carbocycles. The van der Waals surface area contributed by atoms with Gasteiger partial charge in [-0.25, -0.2) is 4.79 Å². The number of ether oxygens (including phenoxy) is 2. The molecule has 1 aliphatic heterocycles. The first-order valence-electron chi connectivity index (χ1n) is 9.67. The van der Waals surface area contributed by atoms with Gasteiger partial charge < -0.3 is 18.9 Å². The molecule has 0 bridgehead atoms. The number of nitriles is 1. The van der Waals surface area contributed by atoms with E-state index in [0.29, 0.717) is 43.1 Å². The van der Waals surface area contributed by atoms with Gasteiger partial charge in [-0.3, -0.25) is 0 Å². The number of methoxy groups -OCH3 is 1. The highest BCUT2D eigenvalue weighted by Crippen LogP contribution is 2.33. The van der Waals surface area contributed by atoms with Crippen LogP contribution in [0.25, 0.3) is 16.5 Å². The first kappa shape index (κ1) is 19.5. The molecule has 152 valence electrons. The minimum Gasteiger partial charge on any atom is -0.478 e. The predicted octanol–water partition coefficient (Wildman–Crippen LogP) is 4.29. The average Bonchev–Trinajstić information content (AvgIpc) is 3.37. The van der Waals surface area contributed by atoms with Crippen molar-refractivity contribution in [2.75, 3.05) is 26.8 Å². The maximum Gasteiger partial charge on any atom is 0.409 e. The fourth-order valence-corrected chi connectivity index (χ4v) is 3.65. The number of hydrogen-bond donors (Lipinski definition) is 0. The molecule has 7 nitrogen and oxygen atoms in total. The standard InChI is InChI=1S/C23H21N3O4/c1-15-11-18(13-20-21(15)30-25-22(20)28-2)19(17-6-3-5-16(12-17)14-24)7-4-8-26-9-10-29-23(26)27/h3,5-7,11-13H,4,8-10H2,1-2H3/b19-7-. The molecule has 0 radical (unpaired) electrons. The van der Waals surface area contributed by atoms with Crippen molar-refractivity contribution < 1.29 is 18.8 Å². The van der Waals surface area contributed by atoms with E-state index < -0.39 is 0 Å². The molecule has 1 amide bonds. The number of amides is 1. The van der Waals surface area contributed by atoms with Crippen molar-refractivity contribution in [2.45, 2.75) is 13.3 Å². The molecule has 2 aromatic carbocycles. The molecule has 0 unspecified atom stereocenters. The molecule has 0 N–H and O–H groups in total. The summed E-state index contributed by atoms with van der Waals surface area (Å²) in [4.78, 5) is 13.4. The van der Waals surface area contributed by atoms with Gasteiger partial charge in [0.1, 0.15) is 6.61 Å². The SMILES string of the molecule is COc1noc2c(C)cc(/C(=C\CCN3CCOC3=O)c3cccc(C#N)c3)cc12. The van der Waals surface area contributed by atoms with Crippen molar-refractivity contribution in [1.29, 1.82) is 5.26 Å². The Balaban J connectivity index is 1.76. The lowest BCUT2D eigenvalue weighted by Gasteiger charge is -2.13. The third-order valence-corrected chi connectivity index (χ3v) is 5.12. The van der Waals surface area contributed by atoms with Gasteiger partial charge in [0, 0.05) is 6.54 Å². The molecule has 0 atom stereocenters. The summed E-state index contributed by atoms with van der Waals surface area (Å²) in [5.41, 5.74) is 5.05. The molecule has 1 saturated heterocycles. The second-order valence-corrected chi connectivity index (χ2v) is 7.06. The Kier molecular flexibility index (Phi) is 5.40. The number of benzene rings is 2. The molecule has 3 aromatic rings. The lowest BCUT2D eigenvalue weighted by molar-refractivity contribution is 0.159. The molecule has 1 aromatic heterocycles. The maximum absolute atomic E-state index is 11.7. The summed E-state index contributed by atoms with van der Waals surface area (Å²) in [5, 5.41) is 14.1. The van der Waals surface area contributed by atoms with E-state index in [4.69, 9.17) is 14.0 Å². The summed E-state index contributed by atoms with van der Waals surface area (Å²) in [6.45, 7) is 3.57. The largest absolute Gasteiger partial charge is 0.478 e. The van der Waals surface area contributed by atoms with E-state index in [2.05, 4.69) is 17.3 Å². The van der Waals surface area contributed by atoms with Gasteiger partial charge in [-0.15, -0.1) is 0 Å². The van der Waals surface area contributed by atoms with Crippen LogP contribution in [0.5, 0.6) is 5.88 Å². The van der Waals surface area contributed by atoms with E-state index in [1.54, 1.807) is 18.1 Å². The summed E-state index contributed by atoms with van der Waals surface area (Å²) >= 11 is 0. The van der Waals surface area contributed by atoms with E-state index in [1.165, 1.54) is 0 Å². The van der Waals surface area contributed by atoms with E-state index in [-0.39, 0.29) is 6.09 Å². The van der Waals surface area contributed by atoms with Crippen molar-refractivity contribution in [3.63, 3.8) is 0 Å². The Morgan fingerprint density at radius 2 is 2.20 bits per heavy atom. The van der Waals surface area contributed by atoms with Crippen molar-refractivity contribution in [2.24, 2.45) is 0 Å². The van der Waals surface area contributed by atoms with Gasteiger partial charge in [0.25, 0.3) is 5.88 Å². The van der Waals surface area contributed by atoms with Crippen molar-refractivity contribution >= 4 is 22.6 Å². The fourth-order valence-electron chi connectivity index (χ4n) is 3.65. The smallest absolute Gasteiger partial charge is 0.409 e. The summed E-state index contributed by atoms with van der Waals surface area (Å²) in [6, 6.07) is 13.7. The van der Waals surface area contributed by atoms with Crippen molar-refractivity contribution in [3.8, 4) is 11.9 Å². The lowest BCUT2D eigenvalue weighted by atomic mass is 9.93. The summed E-state index contributed by atoms with van der Waals surface area (Å²) in [7, 11) is 1.56. The molecule has 1 fully saturated rings. The molecule has 2 heterocycles. The Bertz CT molecular complexity index is 1170. The highest BCUT2D eigenvalue weighted by atomic mass is 16.6. The maximum atomic E-state index is 11.7. The van der Waals surface area contributed by atoms with Gasteiger partial charge in [0.15, 0.2) is 5.58 Å². The number of rotatable bonds is 6. The molecule has 0 saturated carbocycles. The van der Waals surface area contributed by atoms with Crippen LogP contribution in [0.4, 0.5) is 4.79 Å².